The lowest BCUT2D eigenvalue weighted by Crippen LogP contribution is -2.31. The summed E-state index contributed by atoms with van der Waals surface area (Å²) in [4.78, 5) is 13.6. The summed E-state index contributed by atoms with van der Waals surface area (Å²) in [7, 11) is 1.76. The van der Waals surface area contributed by atoms with Gasteiger partial charge in [-0.05, 0) is 46.5 Å². The zero-order valence-electron chi connectivity index (χ0n) is 15.1. The summed E-state index contributed by atoms with van der Waals surface area (Å²) in [6, 6.07) is 19.8. The molecular weight excluding hydrogens is 326 g/mol. The van der Waals surface area contributed by atoms with Crippen molar-refractivity contribution in [2.75, 3.05) is 20.2 Å². The molecule has 0 fully saturated rings. The van der Waals surface area contributed by atoms with E-state index in [1.807, 2.05) is 61.5 Å². The third-order valence-electron chi connectivity index (χ3n) is 4.55. The first-order valence-electron chi connectivity index (χ1n) is 8.72. The van der Waals surface area contributed by atoms with Crippen LogP contribution in [0.25, 0.3) is 21.9 Å². The Hall–Kier alpha value is -2.85. The highest BCUT2D eigenvalue weighted by molar-refractivity contribution is 5.98. The average Bonchev–Trinajstić information content (AvgIpc) is 2.70. The van der Waals surface area contributed by atoms with Crippen molar-refractivity contribution in [1.82, 2.24) is 4.90 Å². The average molecular weight is 349 g/mol. The quantitative estimate of drug-likeness (QED) is 0.735. The van der Waals surface area contributed by atoms with Crippen molar-refractivity contribution in [3.8, 4) is 16.9 Å². The van der Waals surface area contributed by atoms with Crippen LogP contribution in [0.2, 0.25) is 0 Å². The number of aliphatic hydroxyl groups excluding tert-OH is 1. The SMILES string of the molecule is CCN(C)C(=O)COc1cc(-c2ccc(CO)cc2)c2ccccc2c1. The fraction of sp³-hybridized carbons (Fsp3) is 0.227. The van der Waals surface area contributed by atoms with Crippen LogP contribution in [-0.4, -0.2) is 36.1 Å². The molecule has 0 saturated heterocycles. The zero-order valence-corrected chi connectivity index (χ0v) is 15.1. The first-order valence-corrected chi connectivity index (χ1v) is 8.72. The summed E-state index contributed by atoms with van der Waals surface area (Å²) in [5.41, 5.74) is 2.96. The van der Waals surface area contributed by atoms with Crippen LogP contribution in [-0.2, 0) is 11.4 Å². The predicted molar refractivity (Wildman–Crippen MR) is 104 cm³/mol. The van der Waals surface area contributed by atoms with Crippen LogP contribution < -0.4 is 4.74 Å². The van der Waals surface area contributed by atoms with E-state index in [0.717, 1.165) is 27.5 Å². The Kier molecular flexibility index (Phi) is 5.54. The van der Waals surface area contributed by atoms with Crippen molar-refractivity contribution in [2.24, 2.45) is 0 Å². The van der Waals surface area contributed by atoms with Crippen LogP contribution in [0.15, 0.2) is 60.7 Å². The van der Waals surface area contributed by atoms with Gasteiger partial charge in [-0.3, -0.25) is 4.79 Å². The molecule has 4 nitrogen and oxygen atoms in total. The standard InChI is InChI=1S/C22H23NO3/c1-3-23(2)22(25)15-26-19-12-18-6-4-5-7-20(18)21(13-19)17-10-8-16(14-24)9-11-17/h4-13,24H,3,14-15H2,1-2H3. The molecule has 0 radical (unpaired) electrons. The number of fused-ring (bicyclic) bond motifs is 1. The Morgan fingerprint density at radius 1 is 1.08 bits per heavy atom. The summed E-state index contributed by atoms with van der Waals surface area (Å²) in [5.74, 6) is 0.622. The van der Waals surface area contributed by atoms with Crippen molar-refractivity contribution < 1.29 is 14.6 Å². The topological polar surface area (TPSA) is 49.8 Å². The van der Waals surface area contributed by atoms with E-state index >= 15 is 0 Å². The van der Waals surface area contributed by atoms with Gasteiger partial charge in [0.15, 0.2) is 6.61 Å². The lowest BCUT2D eigenvalue weighted by molar-refractivity contribution is -0.131. The minimum Gasteiger partial charge on any atom is -0.484 e. The number of aliphatic hydroxyl groups is 1. The van der Waals surface area contributed by atoms with E-state index < -0.39 is 0 Å². The predicted octanol–water partition coefficient (Wildman–Crippen LogP) is 3.86. The third-order valence-corrected chi connectivity index (χ3v) is 4.55. The van der Waals surface area contributed by atoms with Gasteiger partial charge in [-0.25, -0.2) is 0 Å². The Labute approximate surface area is 153 Å². The number of hydrogen-bond acceptors (Lipinski definition) is 3. The molecule has 0 atom stereocenters. The fourth-order valence-electron chi connectivity index (χ4n) is 2.83. The first kappa shape index (κ1) is 18.0. The van der Waals surface area contributed by atoms with E-state index in [-0.39, 0.29) is 19.1 Å². The van der Waals surface area contributed by atoms with Crippen molar-refractivity contribution >= 4 is 16.7 Å². The number of nitrogens with zero attached hydrogens (tertiary/aromatic N) is 1. The molecule has 3 rings (SSSR count). The molecule has 0 aliphatic rings. The largest absolute Gasteiger partial charge is 0.484 e. The molecule has 0 heterocycles. The summed E-state index contributed by atoms with van der Waals surface area (Å²) in [5, 5.41) is 11.4. The molecule has 0 bridgehead atoms. The Balaban J connectivity index is 1.97. The second-order valence-electron chi connectivity index (χ2n) is 6.24. The Morgan fingerprint density at radius 3 is 2.50 bits per heavy atom. The van der Waals surface area contributed by atoms with E-state index in [2.05, 4.69) is 6.07 Å². The van der Waals surface area contributed by atoms with Gasteiger partial charge in [0.05, 0.1) is 6.61 Å². The number of ether oxygens (including phenoxy) is 1. The van der Waals surface area contributed by atoms with Gasteiger partial charge in [-0.2, -0.15) is 0 Å². The summed E-state index contributed by atoms with van der Waals surface area (Å²) in [6.45, 7) is 2.63. The second kappa shape index (κ2) is 8.02. The van der Waals surface area contributed by atoms with Crippen LogP contribution in [0, 0.1) is 0 Å². The molecule has 0 unspecified atom stereocenters. The molecule has 0 aliphatic carbocycles. The molecule has 3 aromatic rings. The molecule has 134 valence electrons. The van der Waals surface area contributed by atoms with Gasteiger partial charge < -0.3 is 14.7 Å². The van der Waals surface area contributed by atoms with Gasteiger partial charge in [0.1, 0.15) is 5.75 Å². The first-order chi connectivity index (χ1) is 12.6. The number of rotatable bonds is 6. The van der Waals surface area contributed by atoms with Gasteiger partial charge in [0.25, 0.3) is 5.91 Å². The van der Waals surface area contributed by atoms with Crippen LogP contribution in [0.1, 0.15) is 12.5 Å². The van der Waals surface area contributed by atoms with Crippen LogP contribution in [0.3, 0.4) is 0 Å². The number of amides is 1. The van der Waals surface area contributed by atoms with Crippen molar-refractivity contribution in [1.29, 1.82) is 0 Å². The zero-order chi connectivity index (χ0) is 18.5. The Morgan fingerprint density at radius 2 is 1.81 bits per heavy atom. The van der Waals surface area contributed by atoms with Crippen molar-refractivity contribution in [3.05, 3.63) is 66.2 Å². The van der Waals surface area contributed by atoms with Crippen LogP contribution in [0.5, 0.6) is 5.75 Å². The third kappa shape index (κ3) is 3.86. The van der Waals surface area contributed by atoms with E-state index in [9.17, 15) is 9.90 Å². The maximum absolute atomic E-state index is 12.0. The maximum Gasteiger partial charge on any atom is 0.260 e. The van der Waals surface area contributed by atoms with E-state index in [1.165, 1.54) is 0 Å². The molecule has 0 saturated carbocycles. The highest BCUT2D eigenvalue weighted by Crippen LogP contribution is 2.33. The number of carbonyl (C=O) groups excluding carboxylic acids is 1. The van der Waals surface area contributed by atoms with Crippen LogP contribution in [0.4, 0.5) is 0 Å². The molecular formula is C22H23NO3. The molecule has 4 heteroatoms. The molecule has 0 aliphatic heterocycles. The lowest BCUT2D eigenvalue weighted by Gasteiger charge is -2.16. The van der Waals surface area contributed by atoms with Gasteiger partial charge in [0, 0.05) is 13.6 Å². The molecule has 26 heavy (non-hydrogen) atoms. The van der Waals surface area contributed by atoms with E-state index in [1.54, 1.807) is 11.9 Å². The number of carbonyl (C=O) groups is 1. The fourth-order valence-corrected chi connectivity index (χ4v) is 2.83. The normalized spacial score (nSPS) is 10.7. The molecule has 0 spiro atoms. The monoisotopic (exact) mass is 349 g/mol. The van der Waals surface area contributed by atoms with Gasteiger partial charge in [-0.1, -0.05) is 48.5 Å². The van der Waals surface area contributed by atoms with Gasteiger partial charge in [-0.15, -0.1) is 0 Å². The molecule has 0 aromatic heterocycles. The minimum atomic E-state index is -0.0468. The summed E-state index contributed by atoms with van der Waals surface area (Å²) in [6.07, 6.45) is 0. The minimum absolute atomic E-state index is 0.0194. The number of hydrogen-bond donors (Lipinski definition) is 1. The molecule has 3 aromatic carbocycles. The summed E-state index contributed by atoms with van der Waals surface area (Å²) >= 11 is 0. The smallest absolute Gasteiger partial charge is 0.260 e. The van der Waals surface area contributed by atoms with Gasteiger partial charge in [0.2, 0.25) is 0 Å². The van der Waals surface area contributed by atoms with Crippen molar-refractivity contribution in [3.63, 3.8) is 0 Å². The highest BCUT2D eigenvalue weighted by atomic mass is 16.5. The summed E-state index contributed by atoms with van der Waals surface area (Å²) < 4.78 is 5.77. The number of benzene rings is 3. The number of likely N-dealkylation sites (N-methyl/N-ethyl adjacent to an activating group) is 1. The molecule has 1 amide bonds. The van der Waals surface area contributed by atoms with Crippen molar-refractivity contribution in [2.45, 2.75) is 13.5 Å². The molecule has 1 N–H and O–H groups in total. The second-order valence-corrected chi connectivity index (χ2v) is 6.24. The van der Waals surface area contributed by atoms with E-state index in [4.69, 9.17) is 4.74 Å². The Bertz CT molecular complexity index is 903. The lowest BCUT2D eigenvalue weighted by atomic mass is 9.97. The maximum atomic E-state index is 12.0. The van der Waals surface area contributed by atoms with E-state index in [0.29, 0.717) is 12.3 Å². The highest BCUT2D eigenvalue weighted by Gasteiger charge is 2.11. The van der Waals surface area contributed by atoms with Crippen LogP contribution >= 0.6 is 0 Å². The van der Waals surface area contributed by atoms with Gasteiger partial charge >= 0.3 is 0 Å².